The van der Waals surface area contributed by atoms with Crippen molar-refractivity contribution in [3.63, 3.8) is 0 Å². The zero-order valence-electron chi connectivity index (χ0n) is 17.4. The summed E-state index contributed by atoms with van der Waals surface area (Å²) in [6, 6.07) is 16.4. The third-order valence-corrected chi connectivity index (χ3v) is 5.78. The predicted molar refractivity (Wildman–Crippen MR) is 118 cm³/mol. The first kappa shape index (κ1) is 19.2. The summed E-state index contributed by atoms with van der Waals surface area (Å²) in [5.74, 6) is -0.196. The average Bonchev–Trinajstić information content (AvgIpc) is 2.68. The fourth-order valence-electron chi connectivity index (χ4n) is 4.61. The van der Waals surface area contributed by atoms with Crippen molar-refractivity contribution in [2.24, 2.45) is 0 Å². The molecule has 1 amide bonds. The van der Waals surface area contributed by atoms with E-state index < -0.39 is 0 Å². The van der Waals surface area contributed by atoms with Gasteiger partial charge in [0, 0.05) is 30.9 Å². The van der Waals surface area contributed by atoms with E-state index in [0.717, 1.165) is 27.7 Å². The number of hydrogen-bond donors (Lipinski definition) is 1. The van der Waals surface area contributed by atoms with Gasteiger partial charge < -0.3 is 14.8 Å². The summed E-state index contributed by atoms with van der Waals surface area (Å²) in [5, 5.41) is 0.898. The number of aromatic amines is 1. The number of nitrogens with one attached hydrogen (secondary N) is 1. The van der Waals surface area contributed by atoms with Crippen LogP contribution in [0.2, 0.25) is 0 Å². The Bertz CT molecular complexity index is 1110. The van der Waals surface area contributed by atoms with Crippen molar-refractivity contribution < 1.29 is 4.79 Å². The van der Waals surface area contributed by atoms with Crippen LogP contribution in [0.3, 0.4) is 0 Å². The first-order valence-electron chi connectivity index (χ1n) is 10.1. The summed E-state index contributed by atoms with van der Waals surface area (Å²) in [5.41, 5.74) is 3.98. The van der Waals surface area contributed by atoms with E-state index in [1.54, 1.807) is 6.07 Å². The maximum atomic E-state index is 13.3. The number of aromatic nitrogens is 1. The predicted octanol–water partition coefficient (Wildman–Crippen LogP) is 3.88. The van der Waals surface area contributed by atoms with Crippen molar-refractivity contribution in [2.45, 2.75) is 39.8 Å². The summed E-state index contributed by atoms with van der Waals surface area (Å²) >= 11 is 0. The fourth-order valence-corrected chi connectivity index (χ4v) is 4.61. The fraction of sp³-hybridized carbons (Fsp3) is 0.333. The molecule has 1 aliphatic rings. The molecule has 1 N–H and O–H groups in total. The number of rotatable bonds is 2. The Morgan fingerprint density at radius 1 is 1.00 bits per heavy atom. The molecule has 1 aliphatic heterocycles. The highest BCUT2D eigenvalue weighted by Gasteiger charge is 2.33. The summed E-state index contributed by atoms with van der Waals surface area (Å²) in [6.07, 6.45) is 0. The Hall–Kier alpha value is -3.08. The Balaban J connectivity index is 1.64. The van der Waals surface area contributed by atoms with E-state index in [0.29, 0.717) is 13.1 Å². The zero-order valence-corrected chi connectivity index (χ0v) is 17.4. The number of anilines is 1. The number of piperazine rings is 1. The number of hydrogen-bond acceptors (Lipinski definition) is 3. The first-order chi connectivity index (χ1) is 13.8. The van der Waals surface area contributed by atoms with Gasteiger partial charge in [-0.2, -0.15) is 0 Å². The number of H-pyrrole nitrogens is 1. The second kappa shape index (κ2) is 7.39. The highest BCUT2D eigenvalue weighted by Crippen LogP contribution is 2.25. The van der Waals surface area contributed by atoms with Crippen molar-refractivity contribution in [1.82, 2.24) is 9.88 Å². The lowest BCUT2D eigenvalue weighted by molar-refractivity contribution is 0.0699. The maximum Gasteiger partial charge on any atom is 0.261 e. The van der Waals surface area contributed by atoms with Crippen molar-refractivity contribution in [2.75, 3.05) is 18.0 Å². The number of carbonyl (C=O) groups excluding carboxylic acids is 1. The molecule has 0 radical (unpaired) electrons. The number of aryl methyl sites for hydroxylation is 2. The van der Waals surface area contributed by atoms with Crippen LogP contribution < -0.4 is 10.5 Å². The lowest BCUT2D eigenvalue weighted by Gasteiger charge is -2.45. The molecule has 2 atom stereocenters. The molecule has 3 aromatic rings. The van der Waals surface area contributed by atoms with Crippen LogP contribution in [0.4, 0.5) is 5.69 Å². The molecule has 2 heterocycles. The molecular weight excluding hydrogens is 362 g/mol. The molecule has 0 aliphatic carbocycles. The molecule has 0 bridgehead atoms. The molecule has 0 saturated carbocycles. The van der Waals surface area contributed by atoms with Crippen LogP contribution in [-0.4, -0.2) is 41.0 Å². The number of benzene rings is 2. The van der Waals surface area contributed by atoms with E-state index in [9.17, 15) is 9.59 Å². The average molecular weight is 389 g/mol. The monoisotopic (exact) mass is 389 g/mol. The summed E-state index contributed by atoms with van der Waals surface area (Å²) < 4.78 is 0. The molecule has 5 heteroatoms. The molecule has 1 saturated heterocycles. The summed E-state index contributed by atoms with van der Waals surface area (Å²) in [6.45, 7) is 9.41. The van der Waals surface area contributed by atoms with Crippen LogP contribution in [0.15, 0.2) is 53.3 Å². The van der Waals surface area contributed by atoms with Gasteiger partial charge in [-0.1, -0.05) is 29.8 Å². The van der Waals surface area contributed by atoms with Crippen molar-refractivity contribution in [3.8, 4) is 0 Å². The summed E-state index contributed by atoms with van der Waals surface area (Å²) in [4.78, 5) is 33.0. The Labute approximate surface area is 171 Å². The molecule has 0 spiro atoms. The molecule has 5 nitrogen and oxygen atoms in total. The molecule has 4 rings (SSSR count). The van der Waals surface area contributed by atoms with Gasteiger partial charge in [-0.15, -0.1) is 0 Å². The minimum absolute atomic E-state index is 0.161. The minimum atomic E-state index is -0.319. The van der Waals surface area contributed by atoms with E-state index in [2.05, 4.69) is 35.9 Å². The number of amides is 1. The Morgan fingerprint density at radius 3 is 2.31 bits per heavy atom. The highest BCUT2D eigenvalue weighted by atomic mass is 16.2. The molecule has 2 unspecified atom stereocenters. The number of nitrogens with zero attached hydrogens (tertiary/aromatic N) is 2. The van der Waals surface area contributed by atoms with Gasteiger partial charge in [0.05, 0.1) is 5.52 Å². The Morgan fingerprint density at radius 2 is 1.66 bits per heavy atom. The molecule has 1 aromatic heterocycles. The molecule has 29 heavy (non-hydrogen) atoms. The molecular formula is C24H27N3O2. The molecule has 150 valence electrons. The number of carbonyl (C=O) groups is 1. The van der Waals surface area contributed by atoms with Gasteiger partial charge in [0.2, 0.25) is 0 Å². The topological polar surface area (TPSA) is 56.4 Å². The van der Waals surface area contributed by atoms with Gasteiger partial charge in [-0.25, -0.2) is 0 Å². The second-order valence-corrected chi connectivity index (χ2v) is 8.21. The first-order valence-corrected chi connectivity index (χ1v) is 10.1. The summed E-state index contributed by atoms with van der Waals surface area (Å²) in [7, 11) is 0. The van der Waals surface area contributed by atoms with E-state index in [1.807, 2.05) is 49.1 Å². The highest BCUT2D eigenvalue weighted by molar-refractivity contribution is 5.98. The van der Waals surface area contributed by atoms with Crippen LogP contribution in [0, 0.1) is 13.8 Å². The largest absolute Gasteiger partial charge is 0.363 e. The minimum Gasteiger partial charge on any atom is -0.363 e. The number of para-hydroxylation sites is 1. The number of fused-ring (bicyclic) bond motifs is 1. The van der Waals surface area contributed by atoms with Crippen LogP contribution >= 0.6 is 0 Å². The van der Waals surface area contributed by atoms with Crippen LogP contribution in [0.5, 0.6) is 0 Å². The van der Waals surface area contributed by atoms with Crippen molar-refractivity contribution in [3.05, 3.63) is 75.6 Å². The maximum absolute atomic E-state index is 13.3. The molecule has 2 aromatic carbocycles. The Kier molecular flexibility index (Phi) is 4.91. The van der Waals surface area contributed by atoms with Gasteiger partial charge in [-0.05, 0) is 62.9 Å². The van der Waals surface area contributed by atoms with E-state index in [4.69, 9.17) is 0 Å². The number of pyridine rings is 1. The van der Waals surface area contributed by atoms with Gasteiger partial charge in [0.1, 0.15) is 5.56 Å². The van der Waals surface area contributed by atoms with Crippen LogP contribution in [0.25, 0.3) is 10.9 Å². The van der Waals surface area contributed by atoms with Crippen molar-refractivity contribution in [1.29, 1.82) is 0 Å². The lowest BCUT2D eigenvalue weighted by atomic mass is 10.0. The lowest BCUT2D eigenvalue weighted by Crippen LogP contribution is -2.58. The van der Waals surface area contributed by atoms with Crippen LogP contribution in [0.1, 0.15) is 35.3 Å². The van der Waals surface area contributed by atoms with Gasteiger partial charge in [0.25, 0.3) is 11.5 Å². The van der Waals surface area contributed by atoms with E-state index in [-0.39, 0.29) is 29.1 Å². The van der Waals surface area contributed by atoms with Crippen molar-refractivity contribution >= 4 is 22.5 Å². The third-order valence-electron chi connectivity index (χ3n) is 5.78. The SMILES string of the molecule is Cc1cc(C)c2[nH]c(=O)c(C(=O)N3CC(C)N(c4ccccc4)C(C)C3)cc2c1. The smallest absolute Gasteiger partial charge is 0.261 e. The third kappa shape index (κ3) is 3.53. The van der Waals surface area contributed by atoms with Gasteiger partial charge in [-0.3, -0.25) is 9.59 Å². The zero-order chi connectivity index (χ0) is 20.7. The van der Waals surface area contributed by atoms with E-state index in [1.165, 1.54) is 0 Å². The van der Waals surface area contributed by atoms with Crippen LogP contribution in [-0.2, 0) is 0 Å². The second-order valence-electron chi connectivity index (χ2n) is 8.21. The van der Waals surface area contributed by atoms with Gasteiger partial charge in [0.15, 0.2) is 0 Å². The quantitative estimate of drug-likeness (QED) is 0.724. The molecule has 1 fully saturated rings. The van der Waals surface area contributed by atoms with E-state index >= 15 is 0 Å². The normalized spacial score (nSPS) is 19.6. The standard InChI is InChI=1S/C24H27N3O2/c1-15-10-16(2)22-19(11-15)12-21(23(28)25-22)24(29)26-13-17(3)27(18(4)14-26)20-8-6-5-7-9-20/h5-12,17-18H,13-14H2,1-4H3,(H,25,28). The van der Waals surface area contributed by atoms with Gasteiger partial charge >= 0.3 is 0 Å².